The normalized spacial score (nSPS) is 11.5. The average molecular weight is 305 g/mol. The number of aryl methyl sites for hydroxylation is 1. The summed E-state index contributed by atoms with van der Waals surface area (Å²) in [6.07, 6.45) is 1.97. The van der Waals surface area contributed by atoms with Crippen LogP contribution in [0, 0.1) is 0 Å². The first-order valence-electron chi connectivity index (χ1n) is 6.88. The molecule has 0 atom stereocenters. The lowest BCUT2D eigenvalue weighted by molar-refractivity contribution is 0.0795. The monoisotopic (exact) mass is 305 g/mol. The smallest absolute Gasteiger partial charge is 0.262 e. The van der Waals surface area contributed by atoms with Crippen LogP contribution in [0.3, 0.4) is 0 Å². The summed E-state index contributed by atoms with van der Waals surface area (Å²) in [5.74, 6) is 0. The van der Waals surface area contributed by atoms with Crippen molar-refractivity contribution in [2.24, 2.45) is 0 Å². The van der Waals surface area contributed by atoms with Crippen molar-refractivity contribution in [1.29, 1.82) is 0 Å². The van der Waals surface area contributed by atoms with Crippen LogP contribution in [0.15, 0.2) is 59.5 Å². The molecule has 0 saturated carbocycles. The van der Waals surface area contributed by atoms with Gasteiger partial charge in [0, 0.05) is 0 Å². The van der Waals surface area contributed by atoms with E-state index in [0.29, 0.717) is 0 Å². The molecule has 0 spiro atoms. The van der Waals surface area contributed by atoms with Gasteiger partial charge in [0.05, 0.1) is 11.5 Å². The summed E-state index contributed by atoms with van der Waals surface area (Å²) in [6, 6.07) is 16.2. The number of nitrogens with one attached hydrogen (secondary N) is 1. The molecule has 0 unspecified atom stereocenters. The highest BCUT2D eigenvalue weighted by molar-refractivity contribution is 7.89. The molecule has 2 aromatic carbocycles. The third kappa shape index (κ3) is 4.67. The van der Waals surface area contributed by atoms with Crippen molar-refractivity contribution in [2.75, 3.05) is 0 Å². The maximum atomic E-state index is 12.1. The van der Waals surface area contributed by atoms with E-state index in [0.717, 1.165) is 24.0 Å². The molecule has 21 heavy (non-hydrogen) atoms. The lowest BCUT2D eigenvalue weighted by Crippen LogP contribution is -2.23. The SMILES string of the molecule is CCCc1ccc(S(=O)(=O)NOCc2ccccc2)cc1. The number of benzene rings is 2. The molecule has 0 bridgehead atoms. The summed E-state index contributed by atoms with van der Waals surface area (Å²) in [4.78, 5) is 7.43. The van der Waals surface area contributed by atoms with Crippen LogP contribution in [0.5, 0.6) is 0 Å². The summed E-state index contributed by atoms with van der Waals surface area (Å²) in [5, 5.41) is 0. The standard InChI is InChI=1S/C16H19NO3S/c1-2-6-14-9-11-16(12-10-14)21(18,19)17-20-13-15-7-4-3-5-8-15/h3-5,7-12,17H,2,6,13H2,1H3. The molecule has 0 aliphatic heterocycles. The van der Waals surface area contributed by atoms with Crippen molar-refractivity contribution in [3.05, 3.63) is 65.7 Å². The van der Waals surface area contributed by atoms with E-state index in [1.807, 2.05) is 42.5 Å². The Morgan fingerprint density at radius 3 is 2.24 bits per heavy atom. The lowest BCUT2D eigenvalue weighted by atomic mass is 10.1. The van der Waals surface area contributed by atoms with Crippen molar-refractivity contribution in [3.63, 3.8) is 0 Å². The average Bonchev–Trinajstić information content (AvgIpc) is 2.49. The van der Waals surface area contributed by atoms with E-state index in [-0.39, 0.29) is 11.5 Å². The highest BCUT2D eigenvalue weighted by Crippen LogP contribution is 2.12. The molecular formula is C16H19NO3S. The fourth-order valence-electron chi connectivity index (χ4n) is 1.94. The van der Waals surface area contributed by atoms with Gasteiger partial charge in [0.2, 0.25) is 0 Å². The Hall–Kier alpha value is -1.69. The van der Waals surface area contributed by atoms with E-state index < -0.39 is 10.0 Å². The van der Waals surface area contributed by atoms with E-state index in [9.17, 15) is 8.42 Å². The Morgan fingerprint density at radius 1 is 0.952 bits per heavy atom. The zero-order chi connectivity index (χ0) is 15.1. The van der Waals surface area contributed by atoms with Crippen LogP contribution in [0.25, 0.3) is 0 Å². The Bertz CT molecular complexity index is 652. The molecule has 0 fully saturated rings. The van der Waals surface area contributed by atoms with Gasteiger partial charge in [-0.05, 0) is 29.7 Å². The summed E-state index contributed by atoms with van der Waals surface area (Å²) in [7, 11) is -3.63. The second-order valence-corrected chi connectivity index (χ2v) is 6.40. The lowest BCUT2D eigenvalue weighted by Gasteiger charge is -2.08. The molecule has 1 N–H and O–H groups in total. The molecule has 0 aliphatic carbocycles. The maximum absolute atomic E-state index is 12.1. The highest BCUT2D eigenvalue weighted by atomic mass is 32.2. The largest absolute Gasteiger partial charge is 0.282 e. The number of hydrogen-bond acceptors (Lipinski definition) is 3. The Kier molecular flexibility index (Phi) is 5.50. The highest BCUT2D eigenvalue weighted by Gasteiger charge is 2.13. The molecule has 0 amide bonds. The first-order valence-corrected chi connectivity index (χ1v) is 8.36. The summed E-state index contributed by atoms with van der Waals surface area (Å²) in [5.41, 5.74) is 2.03. The van der Waals surface area contributed by atoms with E-state index in [4.69, 9.17) is 4.84 Å². The van der Waals surface area contributed by atoms with Gasteiger partial charge in [-0.25, -0.2) is 8.42 Å². The van der Waals surface area contributed by atoms with E-state index in [1.54, 1.807) is 12.1 Å². The van der Waals surface area contributed by atoms with Gasteiger partial charge in [-0.3, -0.25) is 4.84 Å². The zero-order valence-electron chi connectivity index (χ0n) is 12.0. The predicted octanol–water partition coefficient (Wildman–Crippen LogP) is 3.05. The molecule has 0 aromatic heterocycles. The Morgan fingerprint density at radius 2 is 1.62 bits per heavy atom. The van der Waals surface area contributed by atoms with Crippen LogP contribution in [-0.4, -0.2) is 8.42 Å². The molecule has 0 heterocycles. The number of hydrogen-bond donors (Lipinski definition) is 1. The predicted molar refractivity (Wildman–Crippen MR) is 82.0 cm³/mol. The Balaban J connectivity index is 1.95. The molecule has 0 saturated heterocycles. The number of sulfonamides is 1. The summed E-state index contributed by atoms with van der Waals surface area (Å²) < 4.78 is 24.1. The van der Waals surface area contributed by atoms with Gasteiger partial charge in [0.1, 0.15) is 0 Å². The molecule has 2 aromatic rings. The minimum atomic E-state index is -3.63. The molecule has 112 valence electrons. The maximum Gasteiger partial charge on any atom is 0.262 e. The molecule has 2 rings (SSSR count). The van der Waals surface area contributed by atoms with Crippen LogP contribution in [0.1, 0.15) is 24.5 Å². The Labute approximate surface area is 125 Å². The number of rotatable bonds is 7. The quantitative estimate of drug-likeness (QED) is 0.800. The van der Waals surface area contributed by atoms with Crippen molar-refractivity contribution in [3.8, 4) is 0 Å². The van der Waals surface area contributed by atoms with E-state index >= 15 is 0 Å². The zero-order valence-corrected chi connectivity index (χ0v) is 12.8. The molecular weight excluding hydrogens is 286 g/mol. The molecule has 0 radical (unpaired) electrons. The van der Waals surface area contributed by atoms with Crippen molar-refractivity contribution in [1.82, 2.24) is 4.89 Å². The van der Waals surface area contributed by atoms with Crippen molar-refractivity contribution >= 4 is 10.0 Å². The van der Waals surface area contributed by atoms with Gasteiger partial charge in [0.15, 0.2) is 0 Å². The van der Waals surface area contributed by atoms with Crippen molar-refractivity contribution in [2.45, 2.75) is 31.3 Å². The summed E-state index contributed by atoms with van der Waals surface area (Å²) >= 11 is 0. The second kappa shape index (κ2) is 7.36. The third-order valence-electron chi connectivity index (χ3n) is 3.02. The van der Waals surface area contributed by atoms with Gasteiger partial charge < -0.3 is 0 Å². The van der Waals surface area contributed by atoms with Crippen LogP contribution in [0.2, 0.25) is 0 Å². The molecule has 4 nitrogen and oxygen atoms in total. The van der Waals surface area contributed by atoms with Crippen molar-refractivity contribution < 1.29 is 13.3 Å². The van der Waals surface area contributed by atoms with Crippen LogP contribution >= 0.6 is 0 Å². The molecule has 0 aliphatic rings. The van der Waals surface area contributed by atoms with Crippen LogP contribution < -0.4 is 4.89 Å². The fraction of sp³-hybridized carbons (Fsp3) is 0.250. The topological polar surface area (TPSA) is 55.4 Å². The second-order valence-electron chi connectivity index (χ2n) is 4.75. The van der Waals surface area contributed by atoms with E-state index in [2.05, 4.69) is 11.8 Å². The third-order valence-corrected chi connectivity index (χ3v) is 4.25. The minimum Gasteiger partial charge on any atom is -0.282 e. The minimum absolute atomic E-state index is 0.188. The molecule has 5 heteroatoms. The van der Waals surface area contributed by atoms with Crippen LogP contribution in [0.4, 0.5) is 0 Å². The first-order chi connectivity index (χ1) is 10.1. The van der Waals surface area contributed by atoms with Gasteiger partial charge in [0.25, 0.3) is 10.0 Å². The fourth-order valence-corrected chi connectivity index (χ4v) is 2.74. The van der Waals surface area contributed by atoms with Gasteiger partial charge in [-0.1, -0.05) is 60.7 Å². The van der Waals surface area contributed by atoms with Crippen LogP contribution in [-0.2, 0) is 27.9 Å². The summed E-state index contributed by atoms with van der Waals surface area (Å²) in [6.45, 7) is 2.28. The van der Waals surface area contributed by atoms with Gasteiger partial charge >= 0.3 is 0 Å². The first kappa shape index (κ1) is 15.7. The van der Waals surface area contributed by atoms with Gasteiger partial charge in [-0.15, -0.1) is 0 Å². The van der Waals surface area contributed by atoms with E-state index in [1.165, 1.54) is 0 Å². The van der Waals surface area contributed by atoms with Gasteiger partial charge in [-0.2, -0.15) is 0 Å².